The van der Waals surface area contributed by atoms with E-state index in [2.05, 4.69) is 32.7 Å². The Morgan fingerprint density at radius 3 is 2.62 bits per heavy atom. The van der Waals surface area contributed by atoms with Gasteiger partial charge in [0.05, 0.1) is 6.10 Å². The van der Waals surface area contributed by atoms with Gasteiger partial charge in [0.25, 0.3) is 0 Å². The van der Waals surface area contributed by atoms with Crippen molar-refractivity contribution in [1.82, 2.24) is 4.98 Å². The summed E-state index contributed by atoms with van der Waals surface area (Å²) in [6, 6.07) is 5.14. The van der Waals surface area contributed by atoms with Crippen molar-refractivity contribution in [3.63, 3.8) is 0 Å². The molecule has 7 nitrogen and oxygen atoms in total. The van der Waals surface area contributed by atoms with Gasteiger partial charge in [-0.15, -0.1) is 0 Å². The standard InChI is InChI=1S/C25H31NO6/c1-13(2)16-10-19(30-14(3)27)25(6)22(24(16,4)5)21(28)20-18(32-25)11-17(31-23(20)29)15-8-7-9-26-12-15/h7-9,11-13,16,19,21-22,28H,10H2,1-6H3/t16-,19-,21-,22+,25+/m0/s1. The summed E-state index contributed by atoms with van der Waals surface area (Å²) in [6.07, 6.45) is 2.13. The summed E-state index contributed by atoms with van der Waals surface area (Å²) >= 11 is 0. The van der Waals surface area contributed by atoms with Gasteiger partial charge in [0.2, 0.25) is 0 Å². The molecule has 1 aliphatic carbocycles. The molecule has 32 heavy (non-hydrogen) atoms. The highest BCUT2D eigenvalue weighted by atomic mass is 16.6. The summed E-state index contributed by atoms with van der Waals surface area (Å²) in [5.74, 6) is 0.0967. The molecule has 0 saturated heterocycles. The van der Waals surface area contributed by atoms with E-state index in [0.717, 1.165) is 0 Å². The summed E-state index contributed by atoms with van der Waals surface area (Å²) < 4.78 is 17.8. The molecule has 0 aromatic carbocycles. The van der Waals surface area contributed by atoms with Gasteiger partial charge in [-0.2, -0.15) is 0 Å². The zero-order valence-electron chi connectivity index (χ0n) is 19.4. The molecule has 2 aliphatic rings. The maximum atomic E-state index is 13.0. The van der Waals surface area contributed by atoms with Gasteiger partial charge in [-0.25, -0.2) is 4.79 Å². The highest BCUT2D eigenvalue weighted by Gasteiger charge is 2.64. The molecule has 3 heterocycles. The van der Waals surface area contributed by atoms with Gasteiger partial charge in [0.15, 0.2) is 0 Å². The average molecular weight is 442 g/mol. The lowest BCUT2D eigenvalue weighted by molar-refractivity contribution is -0.229. The topological polar surface area (TPSA) is 98.9 Å². The number of hydrogen-bond acceptors (Lipinski definition) is 7. The molecule has 4 rings (SSSR count). The minimum absolute atomic E-state index is 0.110. The third kappa shape index (κ3) is 3.43. The number of esters is 1. The molecular weight excluding hydrogens is 410 g/mol. The number of ether oxygens (including phenoxy) is 2. The van der Waals surface area contributed by atoms with E-state index < -0.39 is 40.7 Å². The zero-order valence-corrected chi connectivity index (χ0v) is 19.4. The summed E-state index contributed by atoms with van der Waals surface area (Å²) in [5, 5.41) is 11.6. The molecule has 1 aliphatic heterocycles. The Kier molecular flexibility index (Phi) is 5.44. The predicted octanol–water partition coefficient (Wildman–Crippen LogP) is 4.14. The van der Waals surface area contributed by atoms with Crippen LogP contribution in [0.25, 0.3) is 11.3 Å². The molecule has 0 unspecified atom stereocenters. The number of aliphatic hydroxyl groups is 1. The summed E-state index contributed by atoms with van der Waals surface area (Å²) in [6.45, 7) is 11.7. The number of pyridine rings is 1. The number of fused-ring (bicyclic) bond motifs is 2. The third-order valence-electron chi connectivity index (χ3n) is 7.43. The lowest BCUT2D eigenvalue weighted by Crippen LogP contribution is -2.66. The molecule has 2 aromatic rings. The van der Waals surface area contributed by atoms with Crippen molar-refractivity contribution in [1.29, 1.82) is 0 Å². The van der Waals surface area contributed by atoms with E-state index in [1.807, 2.05) is 6.92 Å². The Balaban J connectivity index is 1.89. The SMILES string of the molecule is CC(=O)O[C@H]1C[C@@H](C(C)C)C(C)(C)[C@H]2[C@@H](O)c3c(cc(-c4cccnc4)oc3=O)O[C@]12C. The lowest BCUT2D eigenvalue weighted by Gasteiger charge is -2.60. The number of rotatable bonds is 3. The maximum Gasteiger partial charge on any atom is 0.345 e. The van der Waals surface area contributed by atoms with Crippen molar-refractivity contribution >= 4 is 5.97 Å². The van der Waals surface area contributed by atoms with Crippen LogP contribution in [0.2, 0.25) is 0 Å². The van der Waals surface area contributed by atoms with Gasteiger partial charge in [-0.3, -0.25) is 9.78 Å². The van der Waals surface area contributed by atoms with E-state index in [4.69, 9.17) is 13.9 Å². The van der Waals surface area contributed by atoms with Crippen LogP contribution in [-0.4, -0.2) is 27.8 Å². The molecule has 1 saturated carbocycles. The van der Waals surface area contributed by atoms with Crippen LogP contribution in [-0.2, 0) is 9.53 Å². The Morgan fingerprint density at radius 1 is 1.31 bits per heavy atom. The lowest BCUT2D eigenvalue weighted by atomic mass is 9.51. The molecule has 0 bridgehead atoms. The Bertz CT molecular complexity index is 1080. The van der Waals surface area contributed by atoms with Gasteiger partial charge >= 0.3 is 11.6 Å². The fourth-order valence-electron chi connectivity index (χ4n) is 6.17. The second-order valence-electron chi connectivity index (χ2n) is 10.1. The van der Waals surface area contributed by atoms with Gasteiger partial charge in [-0.05, 0) is 42.7 Å². The number of aliphatic hydroxyl groups excluding tert-OH is 1. The van der Waals surface area contributed by atoms with Gasteiger partial charge in [-0.1, -0.05) is 27.7 Å². The van der Waals surface area contributed by atoms with Crippen LogP contribution in [0.15, 0.2) is 39.8 Å². The van der Waals surface area contributed by atoms with Crippen LogP contribution >= 0.6 is 0 Å². The van der Waals surface area contributed by atoms with Crippen LogP contribution in [0.5, 0.6) is 5.75 Å². The largest absolute Gasteiger partial charge is 0.482 e. The van der Waals surface area contributed by atoms with E-state index in [1.165, 1.54) is 6.92 Å². The fourth-order valence-corrected chi connectivity index (χ4v) is 6.17. The molecule has 1 N–H and O–H groups in total. The number of aromatic nitrogens is 1. The first kappa shape index (κ1) is 22.5. The van der Waals surface area contributed by atoms with E-state index in [9.17, 15) is 14.7 Å². The van der Waals surface area contributed by atoms with Gasteiger partial charge in [0, 0.05) is 36.9 Å². The minimum atomic E-state index is -1.13. The van der Waals surface area contributed by atoms with Crippen LogP contribution in [0.1, 0.15) is 59.6 Å². The highest BCUT2D eigenvalue weighted by Crippen LogP contribution is 2.60. The van der Waals surface area contributed by atoms with E-state index in [-0.39, 0.29) is 23.1 Å². The minimum Gasteiger partial charge on any atom is -0.482 e. The molecule has 0 amide bonds. The van der Waals surface area contributed by atoms with Crippen molar-refractivity contribution in [2.24, 2.45) is 23.2 Å². The Hall–Kier alpha value is -2.67. The van der Waals surface area contributed by atoms with E-state index in [1.54, 1.807) is 30.6 Å². The molecule has 7 heteroatoms. The summed E-state index contributed by atoms with van der Waals surface area (Å²) in [4.78, 5) is 29.1. The van der Waals surface area contributed by atoms with Crippen molar-refractivity contribution in [2.75, 3.05) is 0 Å². The molecule has 0 spiro atoms. The van der Waals surface area contributed by atoms with Crippen LogP contribution in [0.3, 0.4) is 0 Å². The summed E-state index contributed by atoms with van der Waals surface area (Å²) in [5.41, 5.74) is -1.32. The molecular formula is C25H31NO6. The second-order valence-corrected chi connectivity index (χ2v) is 10.1. The maximum absolute atomic E-state index is 13.0. The molecule has 5 atom stereocenters. The van der Waals surface area contributed by atoms with Crippen molar-refractivity contribution < 1.29 is 23.8 Å². The van der Waals surface area contributed by atoms with Crippen LogP contribution in [0, 0.1) is 23.2 Å². The van der Waals surface area contributed by atoms with Gasteiger partial charge < -0.3 is 19.0 Å². The molecule has 2 aromatic heterocycles. The smallest absolute Gasteiger partial charge is 0.345 e. The first-order valence-electron chi connectivity index (χ1n) is 11.1. The molecule has 172 valence electrons. The Morgan fingerprint density at radius 2 is 2.03 bits per heavy atom. The fraction of sp³-hybridized carbons (Fsp3) is 0.560. The number of hydrogen-bond donors (Lipinski definition) is 1. The van der Waals surface area contributed by atoms with Crippen LogP contribution in [0.4, 0.5) is 0 Å². The first-order chi connectivity index (χ1) is 15.0. The van der Waals surface area contributed by atoms with Crippen molar-refractivity contribution in [2.45, 2.75) is 65.8 Å². The Labute approximate surface area is 187 Å². The normalized spacial score (nSPS) is 30.8. The number of nitrogens with zero attached hydrogens (tertiary/aromatic N) is 1. The van der Waals surface area contributed by atoms with Crippen LogP contribution < -0.4 is 10.4 Å². The third-order valence-corrected chi connectivity index (χ3v) is 7.43. The monoisotopic (exact) mass is 441 g/mol. The second kappa shape index (κ2) is 7.73. The van der Waals surface area contributed by atoms with Crippen molar-refractivity contribution in [3.05, 3.63) is 46.6 Å². The van der Waals surface area contributed by atoms with Crippen molar-refractivity contribution in [3.8, 4) is 17.1 Å². The quantitative estimate of drug-likeness (QED) is 0.715. The zero-order chi connectivity index (χ0) is 23.4. The first-order valence-corrected chi connectivity index (χ1v) is 11.1. The predicted molar refractivity (Wildman–Crippen MR) is 118 cm³/mol. The van der Waals surface area contributed by atoms with E-state index >= 15 is 0 Å². The molecule has 1 fully saturated rings. The molecule has 0 radical (unpaired) electrons. The highest BCUT2D eigenvalue weighted by molar-refractivity contribution is 5.66. The van der Waals surface area contributed by atoms with Gasteiger partial charge in [0.1, 0.15) is 28.8 Å². The van der Waals surface area contributed by atoms with E-state index in [0.29, 0.717) is 17.7 Å². The number of carbonyl (C=O) groups is 1. The average Bonchev–Trinajstić information content (AvgIpc) is 2.69. The summed E-state index contributed by atoms with van der Waals surface area (Å²) in [7, 11) is 0. The number of carbonyl (C=O) groups excluding carboxylic acids is 1.